The fourth-order valence-electron chi connectivity index (χ4n) is 3.96. The first-order valence-corrected chi connectivity index (χ1v) is 10.8. The highest BCUT2D eigenvalue weighted by Crippen LogP contribution is 2.38. The van der Waals surface area contributed by atoms with Crippen LogP contribution >= 0.6 is 0 Å². The zero-order chi connectivity index (χ0) is 23.5. The van der Waals surface area contributed by atoms with Crippen molar-refractivity contribution >= 4 is 11.6 Å². The van der Waals surface area contributed by atoms with Crippen LogP contribution < -0.4 is 14.8 Å². The Bertz CT molecular complexity index is 1170. The fourth-order valence-corrected chi connectivity index (χ4v) is 3.96. The molecule has 0 saturated carbocycles. The second kappa shape index (κ2) is 9.36. The molecule has 0 bridgehead atoms. The quantitative estimate of drug-likeness (QED) is 0.553. The van der Waals surface area contributed by atoms with Crippen LogP contribution in [0.25, 0.3) is 17.0 Å². The molecule has 4 rings (SSSR count). The topological polar surface area (TPSA) is 89.7 Å². The number of benzene rings is 2. The molecule has 1 aliphatic heterocycles. The van der Waals surface area contributed by atoms with Crippen LogP contribution in [0.15, 0.2) is 58.8 Å². The molecule has 0 radical (unpaired) electrons. The molecule has 8 heteroatoms. The molecule has 1 unspecified atom stereocenters. The zero-order valence-electron chi connectivity index (χ0n) is 19.5. The number of urea groups is 1. The lowest BCUT2D eigenvalue weighted by molar-refractivity contribution is 0.199. The maximum absolute atomic E-state index is 12.9. The number of nitrogens with one attached hydrogen (secondary N) is 1. The van der Waals surface area contributed by atoms with E-state index in [4.69, 9.17) is 14.0 Å². The average Bonchev–Trinajstić information content (AvgIpc) is 3.31. The van der Waals surface area contributed by atoms with Crippen LogP contribution in [0.4, 0.5) is 4.79 Å². The molecule has 2 amide bonds. The van der Waals surface area contributed by atoms with E-state index >= 15 is 0 Å². The summed E-state index contributed by atoms with van der Waals surface area (Å²) in [5, 5.41) is 7.33. The van der Waals surface area contributed by atoms with E-state index in [-0.39, 0.29) is 6.03 Å². The van der Waals surface area contributed by atoms with Gasteiger partial charge in [-0.3, -0.25) is 4.90 Å². The summed E-state index contributed by atoms with van der Waals surface area (Å²) in [4.78, 5) is 19.4. The average molecular weight is 449 g/mol. The number of hydrogen-bond donors (Lipinski definition) is 1. The predicted octanol–water partition coefficient (Wildman–Crippen LogP) is 4.91. The van der Waals surface area contributed by atoms with Crippen molar-refractivity contribution in [2.45, 2.75) is 26.8 Å². The van der Waals surface area contributed by atoms with Crippen LogP contribution in [-0.2, 0) is 0 Å². The summed E-state index contributed by atoms with van der Waals surface area (Å²) in [5.41, 5.74) is 3.25. The standard InChI is InChI=1S/C25H28N4O4/c1-15(2)14-29-16(3)21(22(26-25(29)30)17-9-7-6-8-10-17)24-27-23(28-33-24)18-11-12-19(31-4)20(13-18)32-5/h6-13,15,22H,14H2,1-5H3,(H,26,30). The number of methoxy groups -OCH3 is 2. The van der Waals surface area contributed by atoms with Crippen LogP contribution in [0.3, 0.4) is 0 Å². The number of amides is 2. The maximum Gasteiger partial charge on any atom is 0.322 e. The van der Waals surface area contributed by atoms with Crippen molar-refractivity contribution in [1.29, 1.82) is 0 Å². The molecule has 0 saturated heterocycles. The van der Waals surface area contributed by atoms with Gasteiger partial charge in [0.1, 0.15) is 0 Å². The van der Waals surface area contributed by atoms with Gasteiger partial charge in [-0.15, -0.1) is 0 Å². The summed E-state index contributed by atoms with van der Waals surface area (Å²) < 4.78 is 16.4. The molecular formula is C25H28N4O4. The van der Waals surface area contributed by atoms with E-state index in [0.717, 1.165) is 22.4 Å². The van der Waals surface area contributed by atoms with Crippen molar-refractivity contribution in [3.05, 3.63) is 65.7 Å². The first-order chi connectivity index (χ1) is 15.9. The second-order valence-electron chi connectivity index (χ2n) is 8.29. The Balaban J connectivity index is 1.79. The van der Waals surface area contributed by atoms with Crippen molar-refractivity contribution < 1.29 is 18.8 Å². The van der Waals surface area contributed by atoms with E-state index in [1.54, 1.807) is 31.3 Å². The van der Waals surface area contributed by atoms with Crippen LogP contribution in [0.1, 0.15) is 38.3 Å². The Morgan fingerprint density at radius 2 is 1.82 bits per heavy atom. The third-order valence-electron chi connectivity index (χ3n) is 5.58. The third kappa shape index (κ3) is 4.41. The van der Waals surface area contributed by atoms with Gasteiger partial charge >= 0.3 is 6.03 Å². The van der Waals surface area contributed by atoms with Gasteiger partial charge in [0.15, 0.2) is 11.5 Å². The van der Waals surface area contributed by atoms with Crippen LogP contribution in [0.5, 0.6) is 11.5 Å². The van der Waals surface area contributed by atoms with Gasteiger partial charge < -0.3 is 19.3 Å². The molecular weight excluding hydrogens is 420 g/mol. The molecule has 172 valence electrons. The molecule has 8 nitrogen and oxygen atoms in total. The molecule has 1 N–H and O–H groups in total. The van der Waals surface area contributed by atoms with Gasteiger partial charge in [0, 0.05) is 17.8 Å². The molecule has 2 heterocycles. The molecule has 0 spiro atoms. The lowest BCUT2D eigenvalue weighted by Gasteiger charge is -2.36. The van der Waals surface area contributed by atoms with E-state index in [9.17, 15) is 4.79 Å². The Morgan fingerprint density at radius 1 is 1.09 bits per heavy atom. The van der Waals surface area contributed by atoms with Gasteiger partial charge in [-0.1, -0.05) is 49.3 Å². The van der Waals surface area contributed by atoms with Gasteiger partial charge in [0.2, 0.25) is 5.82 Å². The molecule has 0 aliphatic carbocycles. The number of allylic oxidation sites excluding steroid dienone is 1. The fraction of sp³-hybridized carbons (Fsp3) is 0.320. The van der Waals surface area contributed by atoms with E-state index in [1.807, 2.05) is 43.3 Å². The minimum atomic E-state index is -0.402. The Kier molecular flexibility index (Phi) is 6.35. The highest BCUT2D eigenvalue weighted by Gasteiger charge is 2.35. The molecule has 0 fully saturated rings. The van der Waals surface area contributed by atoms with E-state index in [0.29, 0.717) is 35.7 Å². The van der Waals surface area contributed by atoms with E-state index in [2.05, 4.69) is 29.3 Å². The number of aromatic nitrogens is 2. The highest BCUT2D eigenvalue weighted by molar-refractivity contribution is 5.86. The summed E-state index contributed by atoms with van der Waals surface area (Å²) in [6.07, 6.45) is 0. The largest absolute Gasteiger partial charge is 0.493 e. The summed E-state index contributed by atoms with van der Waals surface area (Å²) in [6.45, 7) is 6.66. The van der Waals surface area contributed by atoms with E-state index < -0.39 is 6.04 Å². The number of hydrogen-bond acceptors (Lipinski definition) is 6. The van der Waals surface area contributed by atoms with Crippen molar-refractivity contribution in [2.75, 3.05) is 20.8 Å². The summed E-state index contributed by atoms with van der Waals surface area (Å²) in [5.74, 6) is 2.27. The lowest BCUT2D eigenvalue weighted by Crippen LogP contribution is -2.47. The SMILES string of the molecule is COc1ccc(-c2noc(C3=C(C)N(CC(C)C)C(=O)NC3c3ccccc3)n2)cc1OC. The summed E-state index contributed by atoms with van der Waals surface area (Å²) >= 11 is 0. The number of carbonyl (C=O) groups excluding carboxylic acids is 1. The van der Waals surface area contributed by atoms with Crippen molar-refractivity contribution in [2.24, 2.45) is 5.92 Å². The highest BCUT2D eigenvalue weighted by atomic mass is 16.5. The maximum atomic E-state index is 12.9. The van der Waals surface area contributed by atoms with Crippen LogP contribution in [-0.4, -0.2) is 41.8 Å². The van der Waals surface area contributed by atoms with Crippen molar-refractivity contribution in [3.8, 4) is 22.9 Å². The number of carbonyl (C=O) groups is 1. The lowest BCUT2D eigenvalue weighted by atomic mass is 9.94. The normalized spacial score (nSPS) is 16.2. The number of nitrogens with zero attached hydrogens (tertiary/aromatic N) is 3. The monoisotopic (exact) mass is 448 g/mol. The minimum Gasteiger partial charge on any atom is -0.493 e. The van der Waals surface area contributed by atoms with Crippen molar-refractivity contribution in [3.63, 3.8) is 0 Å². The first-order valence-electron chi connectivity index (χ1n) is 10.8. The Hall–Kier alpha value is -3.81. The third-order valence-corrected chi connectivity index (χ3v) is 5.58. The van der Waals surface area contributed by atoms with Crippen LogP contribution in [0.2, 0.25) is 0 Å². The van der Waals surface area contributed by atoms with Gasteiger partial charge in [-0.05, 0) is 36.6 Å². The number of ether oxygens (including phenoxy) is 2. The minimum absolute atomic E-state index is 0.140. The smallest absolute Gasteiger partial charge is 0.322 e. The Labute approximate surface area is 193 Å². The van der Waals surface area contributed by atoms with Gasteiger partial charge in [0.05, 0.1) is 25.8 Å². The van der Waals surface area contributed by atoms with Gasteiger partial charge in [-0.25, -0.2) is 4.79 Å². The molecule has 1 atom stereocenters. The van der Waals surface area contributed by atoms with Crippen LogP contribution in [0, 0.1) is 5.92 Å². The summed E-state index contributed by atoms with van der Waals surface area (Å²) in [6, 6.07) is 14.7. The molecule has 1 aromatic heterocycles. The van der Waals surface area contributed by atoms with E-state index in [1.165, 1.54) is 0 Å². The molecule has 2 aromatic carbocycles. The van der Waals surface area contributed by atoms with Gasteiger partial charge in [-0.2, -0.15) is 4.98 Å². The molecule has 3 aromatic rings. The van der Waals surface area contributed by atoms with Gasteiger partial charge in [0.25, 0.3) is 5.89 Å². The summed E-state index contributed by atoms with van der Waals surface area (Å²) in [7, 11) is 3.17. The molecule has 33 heavy (non-hydrogen) atoms. The Morgan fingerprint density at radius 3 is 2.48 bits per heavy atom. The zero-order valence-corrected chi connectivity index (χ0v) is 19.5. The predicted molar refractivity (Wildman–Crippen MR) is 125 cm³/mol. The molecule has 1 aliphatic rings. The second-order valence-corrected chi connectivity index (χ2v) is 8.29. The number of rotatable bonds is 7. The van der Waals surface area contributed by atoms with Crippen molar-refractivity contribution in [1.82, 2.24) is 20.4 Å². The first kappa shape index (κ1) is 22.4.